The molecule has 0 bridgehead atoms. The Labute approximate surface area is 180 Å². The second-order valence-corrected chi connectivity index (χ2v) is 9.98. The van der Waals surface area contributed by atoms with Crippen LogP contribution in [-0.4, -0.2) is 39.3 Å². The summed E-state index contributed by atoms with van der Waals surface area (Å²) in [7, 11) is -3.60. The van der Waals surface area contributed by atoms with Crippen molar-refractivity contribution in [1.82, 2.24) is 4.72 Å². The standard InChI is InChI=1S/C20H23ClN2O4S2/c21-15-3-7-18(8-4-15)28-13-11-20(24)23-16-5-9-19(10-6-16)29(25,26)22-14-17-2-1-12-27-17/h3-10,17,22H,1-2,11-14H2,(H,23,24)/t17-/m0/s1. The van der Waals surface area contributed by atoms with E-state index in [1.807, 2.05) is 24.3 Å². The van der Waals surface area contributed by atoms with Gasteiger partial charge in [-0.15, -0.1) is 11.8 Å². The minimum absolute atomic E-state index is 0.0610. The van der Waals surface area contributed by atoms with Gasteiger partial charge in [0.05, 0.1) is 11.0 Å². The Morgan fingerprint density at radius 3 is 2.52 bits per heavy atom. The molecule has 1 aliphatic heterocycles. The first kappa shape index (κ1) is 22.1. The van der Waals surface area contributed by atoms with Crippen molar-refractivity contribution in [3.8, 4) is 0 Å². The van der Waals surface area contributed by atoms with Crippen LogP contribution in [0.15, 0.2) is 58.3 Å². The van der Waals surface area contributed by atoms with Gasteiger partial charge in [-0.25, -0.2) is 13.1 Å². The van der Waals surface area contributed by atoms with E-state index in [0.29, 0.717) is 29.5 Å². The van der Waals surface area contributed by atoms with E-state index >= 15 is 0 Å². The lowest BCUT2D eigenvalue weighted by Gasteiger charge is -2.12. The maximum atomic E-state index is 12.4. The number of halogens is 1. The van der Waals surface area contributed by atoms with Gasteiger partial charge in [-0.05, 0) is 61.4 Å². The number of thioether (sulfide) groups is 1. The lowest BCUT2D eigenvalue weighted by molar-refractivity contribution is -0.115. The van der Waals surface area contributed by atoms with Crippen molar-refractivity contribution in [2.45, 2.75) is 35.2 Å². The molecule has 1 amide bonds. The van der Waals surface area contributed by atoms with Gasteiger partial charge in [-0.1, -0.05) is 11.6 Å². The Morgan fingerprint density at radius 2 is 1.86 bits per heavy atom. The Hall–Kier alpha value is -1.58. The highest BCUT2D eigenvalue weighted by Gasteiger charge is 2.20. The number of hydrogen-bond donors (Lipinski definition) is 2. The van der Waals surface area contributed by atoms with Gasteiger partial charge in [0, 0.05) is 40.9 Å². The molecule has 3 rings (SSSR count). The lowest BCUT2D eigenvalue weighted by atomic mass is 10.2. The van der Waals surface area contributed by atoms with Gasteiger partial charge in [0.15, 0.2) is 0 Å². The molecule has 1 saturated heterocycles. The predicted octanol–water partition coefficient (Wildman–Crippen LogP) is 3.92. The Bertz CT molecular complexity index is 913. The van der Waals surface area contributed by atoms with Crippen LogP contribution >= 0.6 is 23.4 Å². The average Bonchev–Trinajstić information content (AvgIpc) is 3.22. The molecule has 0 aromatic heterocycles. The number of rotatable bonds is 9. The van der Waals surface area contributed by atoms with Crippen molar-refractivity contribution in [2.24, 2.45) is 0 Å². The first-order chi connectivity index (χ1) is 13.9. The quantitative estimate of drug-likeness (QED) is 0.561. The number of nitrogens with one attached hydrogen (secondary N) is 2. The fourth-order valence-corrected chi connectivity index (χ4v) is 4.87. The van der Waals surface area contributed by atoms with E-state index in [4.69, 9.17) is 16.3 Å². The van der Waals surface area contributed by atoms with Crippen LogP contribution < -0.4 is 10.0 Å². The molecule has 1 aliphatic rings. The number of anilines is 1. The highest BCUT2D eigenvalue weighted by atomic mass is 35.5. The summed E-state index contributed by atoms with van der Waals surface area (Å²) in [5, 5.41) is 3.46. The topological polar surface area (TPSA) is 84.5 Å². The third kappa shape index (κ3) is 7.01. The molecule has 1 fully saturated rings. The summed E-state index contributed by atoms with van der Waals surface area (Å²) in [4.78, 5) is 13.3. The molecule has 0 spiro atoms. The van der Waals surface area contributed by atoms with E-state index in [0.717, 1.165) is 17.7 Å². The molecule has 156 valence electrons. The molecule has 1 atom stereocenters. The summed E-state index contributed by atoms with van der Waals surface area (Å²) in [5.41, 5.74) is 0.560. The largest absolute Gasteiger partial charge is 0.377 e. The molecule has 9 heteroatoms. The second-order valence-electron chi connectivity index (χ2n) is 6.61. The SMILES string of the molecule is O=C(CCSc1ccc(Cl)cc1)Nc1ccc(S(=O)(=O)NC[C@@H]2CCCO2)cc1. The van der Waals surface area contributed by atoms with Gasteiger partial charge in [0.25, 0.3) is 0 Å². The molecule has 1 heterocycles. The molecule has 2 N–H and O–H groups in total. The molecular weight excluding hydrogens is 432 g/mol. The Kier molecular flexibility index (Phi) is 7.97. The second kappa shape index (κ2) is 10.4. The van der Waals surface area contributed by atoms with E-state index in [2.05, 4.69) is 10.0 Å². The predicted molar refractivity (Wildman–Crippen MR) is 116 cm³/mol. The number of amides is 1. The maximum absolute atomic E-state index is 12.4. The summed E-state index contributed by atoms with van der Waals surface area (Å²) in [5.74, 6) is 0.506. The normalized spacial score (nSPS) is 16.7. The molecule has 0 unspecified atom stereocenters. The zero-order chi connectivity index (χ0) is 20.7. The minimum atomic E-state index is -3.60. The zero-order valence-electron chi connectivity index (χ0n) is 15.8. The minimum Gasteiger partial charge on any atom is -0.377 e. The first-order valence-corrected chi connectivity index (χ1v) is 12.2. The molecular formula is C20H23ClN2O4S2. The van der Waals surface area contributed by atoms with E-state index in [1.165, 1.54) is 12.1 Å². The summed E-state index contributed by atoms with van der Waals surface area (Å²) in [6.45, 7) is 0.950. The van der Waals surface area contributed by atoms with Gasteiger partial charge < -0.3 is 10.1 Å². The van der Waals surface area contributed by atoms with E-state index in [-0.39, 0.29) is 23.5 Å². The fraction of sp³-hybridized carbons (Fsp3) is 0.350. The molecule has 0 aliphatic carbocycles. The van der Waals surface area contributed by atoms with E-state index in [1.54, 1.807) is 23.9 Å². The summed E-state index contributed by atoms with van der Waals surface area (Å²) < 4.78 is 32.7. The van der Waals surface area contributed by atoms with Crippen LogP contribution in [-0.2, 0) is 19.6 Å². The number of sulfonamides is 1. The molecule has 2 aromatic carbocycles. The van der Waals surface area contributed by atoms with Gasteiger partial charge in [-0.3, -0.25) is 4.79 Å². The van der Waals surface area contributed by atoms with Crippen molar-refractivity contribution in [1.29, 1.82) is 0 Å². The Balaban J connectivity index is 1.45. The number of ether oxygens (including phenoxy) is 1. The van der Waals surface area contributed by atoms with Crippen molar-refractivity contribution in [2.75, 3.05) is 24.2 Å². The monoisotopic (exact) mass is 454 g/mol. The summed E-state index contributed by atoms with van der Waals surface area (Å²) in [6.07, 6.45) is 2.10. The van der Waals surface area contributed by atoms with Gasteiger partial charge in [0.2, 0.25) is 15.9 Å². The van der Waals surface area contributed by atoms with Gasteiger partial charge >= 0.3 is 0 Å². The lowest BCUT2D eigenvalue weighted by Crippen LogP contribution is -2.31. The maximum Gasteiger partial charge on any atom is 0.240 e. The van der Waals surface area contributed by atoms with Crippen LogP contribution in [0.3, 0.4) is 0 Å². The third-order valence-electron chi connectivity index (χ3n) is 4.38. The summed E-state index contributed by atoms with van der Waals surface area (Å²) >= 11 is 7.42. The van der Waals surface area contributed by atoms with Crippen LogP contribution in [0.2, 0.25) is 5.02 Å². The molecule has 2 aromatic rings. The molecule has 6 nitrogen and oxygen atoms in total. The van der Waals surface area contributed by atoms with Crippen molar-refractivity contribution < 1.29 is 17.9 Å². The third-order valence-corrected chi connectivity index (χ3v) is 7.09. The zero-order valence-corrected chi connectivity index (χ0v) is 18.2. The van der Waals surface area contributed by atoms with Gasteiger partial charge in [-0.2, -0.15) is 0 Å². The fourth-order valence-electron chi connectivity index (χ4n) is 2.82. The summed E-state index contributed by atoms with van der Waals surface area (Å²) in [6, 6.07) is 13.6. The number of benzene rings is 2. The Morgan fingerprint density at radius 1 is 1.14 bits per heavy atom. The van der Waals surface area contributed by atoms with Crippen LogP contribution in [0.25, 0.3) is 0 Å². The smallest absolute Gasteiger partial charge is 0.240 e. The first-order valence-electron chi connectivity index (χ1n) is 9.32. The molecule has 0 radical (unpaired) electrons. The van der Waals surface area contributed by atoms with Crippen LogP contribution in [0, 0.1) is 0 Å². The van der Waals surface area contributed by atoms with Crippen LogP contribution in [0.1, 0.15) is 19.3 Å². The highest BCUT2D eigenvalue weighted by molar-refractivity contribution is 7.99. The highest BCUT2D eigenvalue weighted by Crippen LogP contribution is 2.21. The van der Waals surface area contributed by atoms with Crippen molar-refractivity contribution in [3.63, 3.8) is 0 Å². The number of hydrogen-bond acceptors (Lipinski definition) is 5. The molecule has 29 heavy (non-hydrogen) atoms. The number of carbonyl (C=O) groups excluding carboxylic acids is 1. The van der Waals surface area contributed by atoms with E-state index < -0.39 is 10.0 Å². The molecule has 0 saturated carbocycles. The average molecular weight is 455 g/mol. The number of carbonyl (C=O) groups is 1. The van der Waals surface area contributed by atoms with Crippen LogP contribution in [0.5, 0.6) is 0 Å². The van der Waals surface area contributed by atoms with Crippen molar-refractivity contribution in [3.05, 3.63) is 53.6 Å². The van der Waals surface area contributed by atoms with Gasteiger partial charge in [0.1, 0.15) is 0 Å². The van der Waals surface area contributed by atoms with Crippen molar-refractivity contribution >= 4 is 45.0 Å². The van der Waals surface area contributed by atoms with E-state index in [9.17, 15) is 13.2 Å². The van der Waals surface area contributed by atoms with Crippen LogP contribution in [0.4, 0.5) is 5.69 Å².